The van der Waals surface area contributed by atoms with Gasteiger partial charge in [-0.3, -0.25) is 0 Å². The molecule has 0 bridgehead atoms. The van der Waals surface area contributed by atoms with Gasteiger partial charge in [0.1, 0.15) is 11.4 Å². The molecule has 0 atom stereocenters. The number of aryl methyl sites for hydroxylation is 1. The molecular weight excluding hydrogens is 164 g/mol. The Labute approximate surface area is 78.4 Å². The van der Waals surface area contributed by atoms with Crippen molar-refractivity contribution < 1.29 is 5.11 Å². The molecule has 0 radical (unpaired) electrons. The van der Waals surface area contributed by atoms with Crippen LogP contribution in [0.1, 0.15) is 32.5 Å². The van der Waals surface area contributed by atoms with Crippen LogP contribution >= 0.6 is 0 Å². The maximum Gasteiger partial charge on any atom is 0.140 e. The molecule has 1 aromatic rings. The van der Waals surface area contributed by atoms with Crippen LogP contribution in [0.25, 0.3) is 0 Å². The maximum atomic E-state index is 10.2. The standard InChI is InChI=1S/C10H16N2O/c1-3-12-5-4-11-9(12)10(13)6-8(2)7-10/h4-5,8,13H,3,6-7H2,1-2H3. The van der Waals surface area contributed by atoms with Crippen molar-refractivity contribution in [1.29, 1.82) is 0 Å². The third kappa shape index (κ3) is 1.27. The largest absolute Gasteiger partial charge is 0.382 e. The van der Waals surface area contributed by atoms with E-state index < -0.39 is 5.60 Å². The van der Waals surface area contributed by atoms with Crippen molar-refractivity contribution in [3.63, 3.8) is 0 Å². The third-order valence-electron chi connectivity index (χ3n) is 2.84. The Morgan fingerprint density at radius 2 is 2.38 bits per heavy atom. The summed E-state index contributed by atoms with van der Waals surface area (Å²) in [7, 11) is 0. The Morgan fingerprint density at radius 1 is 1.69 bits per heavy atom. The van der Waals surface area contributed by atoms with E-state index in [0.717, 1.165) is 25.2 Å². The van der Waals surface area contributed by atoms with Crippen molar-refractivity contribution in [1.82, 2.24) is 9.55 Å². The molecule has 0 aromatic carbocycles. The fraction of sp³-hybridized carbons (Fsp3) is 0.700. The molecule has 1 aliphatic carbocycles. The minimum absolute atomic E-state index is 0.631. The molecular formula is C10H16N2O. The van der Waals surface area contributed by atoms with E-state index in [1.54, 1.807) is 6.20 Å². The maximum absolute atomic E-state index is 10.2. The third-order valence-corrected chi connectivity index (χ3v) is 2.84. The lowest BCUT2D eigenvalue weighted by molar-refractivity contribution is -0.0832. The summed E-state index contributed by atoms with van der Waals surface area (Å²) in [5.41, 5.74) is -0.640. The molecule has 1 saturated carbocycles. The summed E-state index contributed by atoms with van der Waals surface area (Å²) in [5.74, 6) is 1.47. The number of nitrogens with zero attached hydrogens (tertiary/aromatic N) is 2. The zero-order valence-corrected chi connectivity index (χ0v) is 8.20. The first kappa shape index (κ1) is 8.75. The summed E-state index contributed by atoms with van der Waals surface area (Å²) < 4.78 is 2.02. The van der Waals surface area contributed by atoms with Crippen molar-refractivity contribution in [2.45, 2.75) is 38.8 Å². The molecule has 1 N–H and O–H groups in total. The van der Waals surface area contributed by atoms with Crippen molar-refractivity contribution in [2.75, 3.05) is 0 Å². The molecule has 1 aromatic heterocycles. The van der Waals surface area contributed by atoms with Crippen LogP contribution in [-0.4, -0.2) is 14.7 Å². The van der Waals surface area contributed by atoms with Crippen LogP contribution in [0.4, 0.5) is 0 Å². The SMILES string of the molecule is CCn1ccnc1C1(O)CC(C)C1. The van der Waals surface area contributed by atoms with Crippen LogP contribution in [0.5, 0.6) is 0 Å². The lowest BCUT2D eigenvalue weighted by Crippen LogP contribution is -2.42. The topological polar surface area (TPSA) is 38.0 Å². The average Bonchev–Trinajstić information content (AvgIpc) is 2.48. The molecule has 72 valence electrons. The van der Waals surface area contributed by atoms with Crippen LogP contribution in [0.2, 0.25) is 0 Å². The normalized spacial score (nSPS) is 33.0. The van der Waals surface area contributed by atoms with E-state index in [9.17, 15) is 5.11 Å². The highest BCUT2D eigenvalue weighted by atomic mass is 16.3. The van der Waals surface area contributed by atoms with E-state index in [2.05, 4.69) is 18.8 Å². The van der Waals surface area contributed by atoms with E-state index in [0.29, 0.717) is 5.92 Å². The lowest BCUT2D eigenvalue weighted by atomic mass is 9.71. The van der Waals surface area contributed by atoms with Gasteiger partial charge in [-0.05, 0) is 25.7 Å². The first-order chi connectivity index (χ1) is 6.15. The van der Waals surface area contributed by atoms with Crippen molar-refractivity contribution in [2.24, 2.45) is 5.92 Å². The Kier molecular flexibility index (Phi) is 1.91. The van der Waals surface area contributed by atoms with Gasteiger partial charge in [-0.1, -0.05) is 6.92 Å². The van der Waals surface area contributed by atoms with E-state index in [1.807, 2.05) is 10.8 Å². The van der Waals surface area contributed by atoms with Crippen LogP contribution < -0.4 is 0 Å². The van der Waals surface area contributed by atoms with Crippen LogP contribution in [0.15, 0.2) is 12.4 Å². The first-order valence-electron chi connectivity index (χ1n) is 4.89. The van der Waals surface area contributed by atoms with Crippen molar-refractivity contribution >= 4 is 0 Å². The Morgan fingerprint density at radius 3 is 2.92 bits per heavy atom. The minimum atomic E-state index is -0.640. The molecule has 1 aliphatic rings. The summed E-state index contributed by atoms with van der Waals surface area (Å²) in [6.07, 6.45) is 5.39. The highest BCUT2D eigenvalue weighted by molar-refractivity contribution is 5.10. The lowest BCUT2D eigenvalue weighted by Gasteiger charge is -2.41. The highest BCUT2D eigenvalue weighted by Crippen LogP contribution is 2.44. The molecule has 0 spiro atoms. The Hall–Kier alpha value is -0.830. The predicted octanol–water partition coefficient (Wildman–Crippen LogP) is 1.52. The number of hydrogen-bond acceptors (Lipinski definition) is 2. The van der Waals surface area contributed by atoms with Crippen molar-refractivity contribution in [3.8, 4) is 0 Å². The molecule has 0 saturated heterocycles. The van der Waals surface area contributed by atoms with Gasteiger partial charge in [-0.15, -0.1) is 0 Å². The zero-order valence-electron chi connectivity index (χ0n) is 8.20. The molecule has 2 rings (SSSR count). The molecule has 1 heterocycles. The Bertz CT molecular complexity index is 300. The average molecular weight is 180 g/mol. The highest BCUT2D eigenvalue weighted by Gasteiger charge is 2.44. The number of rotatable bonds is 2. The number of hydrogen-bond donors (Lipinski definition) is 1. The Balaban J connectivity index is 2.25. The van der Waals surface area contributed by atoms with E-state index in [1.165, 1.54) is 0 Å². The van der Waals surface area contributed by atoms with Crippen LogP contribution in [0, 0.1) is 5.92 Å². The molecule has 3 nitrogen and oxygen atoms in total. The number of aliphatic hydroxyl groups is 1. The smallest absolute Gasteiger partial charge is 0.140 e. The second-order valence-electron chi connectivity index (χ2n) is 4.08. The molecule has 0 amide bonds. The first-order valence-corrected chi connectivity index (χ1v) is 4.89. The van der Waals surface area contributed by atoms with Gasteiger partial charge in [0.25, 0.3) is 0 Å². The summed E-state index contributed by atoms with van der Waals surface area (Å²) in [6.45, 7) is 5.11. The van der Waals surface area contributed by atoms with Gasteiger partial charge < -0.3 is 9.67 Å². The van der Waals surface area contributed by atoms with Gasteiger partial charge in [-0.2, -0.15) is 0 Å². The van der Waals surface area contributed by atoms with E-state index >= 15 is 0 Å². The fourth-order valence-corrected chi connectivity index (χ4v) is 2.25. The molecule has 0 unspecified atom stereocenters. The molecule has 13 heavy (non-hydrogen) atoms. The quantitative estimate of drug-likeness (QED) is 0.749. The summed E-state index contributed by atoms with van der Waals surface area (Å²) in [4.78, 5) is 4.23. The zero-order chi connectivity index (χ0) is 9.47. The molecule has 0 aliphatic heterocycles. The summed E-state index contributed by atoms with van der Waals surface area (Å²) in [6, 6.07) is 0. The summed E-state index contributed by atoms with van der Waals surface area (Å²) >= 11 is 0. The van der Waals surface area contributed by atoms with Gasteiger partial charge >= 0.3 is 0 Å². The van der Waals surface area contributed by atoms with Gasteiger partial charge in [0.2, 0.25) is 0 Å². The molecule has 1 fully saturated rings. The number of aromatic nitrogens is 2. The second kappa shape index (κ2) is 2.84. The monoisotopic (exact) mass is 180 g/mol. The van der Waals surface area contributed by atoms with E-state index in [-0.39, 0.29) is 0 Å². The van der Waals surface area contributed by atoms with Gasteiger partial charge in [0, 0.05) is 18.9 Å². The van der Waals surface area contributed by atoms with Crippen LogP contribution in [0.3, 0.4) is 0 Å². The summed E-state index contributed by atoms with van der Waals surface area (Å²) in [5, 5.41) is 10.2. The minimum Gasteiger partial charge on any atom is -0.382 e. The molecule has 3 heteroatoms. The fourth-order valence-electron chi connectivity index (χ4n) is 2.25. The predicted molar refractivity (Wildman–Crippen MR) is 50.2 cm³/mol. The van der Waals surface area contributed by atoms with Gasteiger partial charge in [-0.25, -0.2) is 4.98 Å². The van der Waals surface area contributed by atoms with Crippen LogP contribution in [-0.2, 0) is 12.1 Å². The second-order valence-corrected chi connectivity index (χ2v) is 4.08. The number of imidazole rings is 1. The van der Waals surface area contributed by atoms with Gasteiger partial charge in [0.15, 0.2) is 0 Å². The van der Waals surface area contributed by atoms with Gasteiger partial charge in [0.05, 0.1) is 0 Å². The van der Waals surface area contributed by atoms with E-state index in [4.69, 9.17) is 0 Å². The van der Waals surface area contributed by atoms with Crippen molar-refractivity contribution in [3.05, 3.63) is 18.2 Å².